The molecule has 36 heavy (non-hydrogen) atoms. The second kappa shape index (κ2) is 10.2. The SMILES string of the molecule is CNc1cc(Nc2cccn(C3CCN(CCF)CC3)c2=O)nc2c(C(=O)N[C@H]3CC[C@H]3O)cnn12. The van der Waals surface area contributed by atoms with E-state index < -0.39 is 6.10 Å². The Kier molecular flexibility index (Phi) is 6.88. The zero-order valence-electron chi connectivity index (χ0n) is 20.2. The van der Waals surface area contributed by atoms with Crippen LogP contribution in [0.2, 0.25) is 0 Å². The first kappa shape index (κ1) is 24.2. The highest BCUT2D eigenvalue weighted by Crippen LogP contribution is 2.24. The first-order chi connectivity index (χ1) is 17.5. The Labute approximate surface area is 207 Å². The molecule has 0 radical (unpaired) electrons. The van der Waals surface area contributed by atoms with Gasteiger partial charge in [0.15, 0.2) is 5.65 Å². The van der Waals surface area contributed by atoms with E-state index in [1.807, 2.05) is 6.07 Å². The highest BCUT2D eigenvalue weighted by Gasteiger charge is 2.31. The van der Waals surface area contributed by atoms with Crippen molar-refractivity contribution in [1.29, 1.82) is 0 Å². The standard InChI is InChI=1S/C24H31FN8O3/c1-26-21-13-20(30-22-16(14-27-33(21)22)23(35)29-17-4-5-19(17)34)28-18-3-2-9-32(24(18)36)15-6-10-31(11-7-15)12-8-25/h2-3,9,13-15,17,19,26,34H,4-8,10-12H2,1H3,(H,28,30)(H,29,35)/t17-,19+/m0/s1. The monoisotopic (exact) mass is 498 g/mol. The molecule has 2 aliphatic rings. The lowest BCUT2D eigenvalue weighted by atomic mass is 9.89. The van der Waals surface area contributed by atoms with E-state index in [1.54, 1.807) is 29.9 Å². The van der Waals surface area contributed by atoms with Crippen LogP contribution in [0, 0.1) is 0 Å². The average molecular weight is 499 g/mol. The van der Waals surface area contributed by atoms with Crippen LogP contribution in [0.15, 0.2) is 35.4 Å². The maximum Gasteiger partial charge on any atom is 0.274 e. The smallest absolute Gasteiger partial charge is 0.274 e. The van der Waals surface area contributed by atoms with Crippen molar-refractivity contribution in [3.8, 4) is 0 Å². The molecule has 0 unspecified atom stereocenters. The molecule has 2 fully saturated rings. The van der Waals surface area contributed by atoms with Crippen molar-refractivity contribution in [2.75, 3.05) is 44.0 Å². The van der Waals surface area contributed by atoms with Gasteiger partial charge in [-0.25, -0.2) is 9.37 Å². The Balaban J connectivity index is 1.40. The Morgan fingerprint density at radius 1 is 1.25 bits per heavy atom. The molecule has 0 aromatic carbocycles. The summed E-state index contributed by atoms with van der Waals surface area (Å²) in [6.07, 6.45) is 5.64. The number of amides is 1. The van der Waals surface area contributed by atoms with Crippen LogP contribution in [0.25, 0.3) is 5.65 Å². The number of aliphatic hydroxyl groups is 1. The van der Waals surface area contributed by atoms with Crippen LogP contribution >= 0.6 is 0 Å². The molecule has 4 N–H and O–H groups in total. The van der Waals surface area contributed by atoms with Crippen molar-refractivity contribution in [2.45, 2.75) is 43.9 Å². The first-order valence-corrected chi connectivity index (χ1v) is 12.3. The number of hydrogen-bond acceptors (Lipinski definition) is 8. The van der Waals surface area contributed by atoms with E-state index >= 15 is 0 Å². The van der Waals surface area contributed by atoms with Crippen molar-refractivity contribution >= 4 is 28.9 Å². The van der Waals surface area contributed by atoms with Gasteiger partial charge in [-0.3, -0.25) is 9.59 Å². The third-order valence-corrected chi connectivity index (χ3v) is 7.12. The van der Waals surface area contributed by atoms with Crippen LogP contribution < -0.4 is 21.5 Å². The van der Waals surface area contributed by atoms with Gasteiger partial charge in [0, 0.05) is 45.0 Å². The molecule has 2 atom stereocenters. The van der Waals surface area contributed by atoms with Crippen LogP contribution in [0.1, 0.15) is 42.1 Å². The van der Waals surface area contributed by atoms with Crippen molar-refractivity contribution in [3.05, 3.63) is 46.5 Å². The number of carbonyl (C=O) groups excluding carboxylic acids is 1. The molecule has 192 valence electrons. The quantitative estimate of drug-likeness (QED) is 0.368. The van der Waals surface area contributed by atoms with Gasteiger partial charge in [-0.15, -0.1) is 0 Å². The Bertz CT molecular complexity index is 1300. The maximum atomic E-state index is 13.3. The molecule has 1 saturated heterocycles. The van der Waals surface area contributed by atoms with Crippen molar-refractivity contribution in [1.82, 2.24) is 29.4 Å². The fraction of sp³-hybridized carbons (Fsp3) is 0.500. The second-order valence-corrected chi connectivity index (χ2v) is 9.32. The molecule has 0 bridgehead atoms. The molecule has 1 saturated carbocycles. The summed E-state index contributed by atoms with van der Waals surface area (Å²) in [5.41, 5.74) is 0.803. The predicted octanol–water partition coefficient (Wildman–Crippen LogP) is 1.54. The van der Waals surface area contributed by atoms with Gasteiger partial charge in [-0.2, -0.15) is 9.61 Å². The highest BCUT2D eigenvalue weighted by atomic mass is 19.1. The molecule has 11 nitrogen and oxygen atoms in total. The minimum atomic E-state index is -0.537. The number of nitrogens with one attached hydrogen (secondary N) is 3. The normalized spacial score (nSPS) is 20.8. The predicted molar refractivity (Wildman–Crippen MR) is 134 cm³/mol. The number of piperidine rings is 1. The van der Waals surface area contributed by atoms with E-state index in [2.05, 4.69) is 30.9 Å². The molecular weight excluding hydrogens is 467 g/mol. The van der Waals surface area contributed by atoms with Gasteiger partial charge in [0.2, 0.25) is 0 Å². The largest absolute Gasteiger partial charge is 0.391 e. The van der Waals surface area contributed by atoms with Crippen molar-refractivity contribution in [2.24, 2.45) is 0 Å². The molecular formula is C24H31FN8O3. The topological polar surface area (TPSA) is 129 Å². The minimum Gasteiger partial charge on any atom is -0.391 e. The molecule has 1 aliphatic carbocycles. The molecule has 4 heterocycles. The van der Waals surface area contributed by atoms with Crippen LogP contribution in [0.5, 0.6) is 0 Å². The van der Waals surface area contributed by atoms with Crippen molar-refractivity contribution in [3.63, 3.8) is 0 Å². The summed E-state index contributed by atoms with van der Waals surface area (Å²) < 4.78 is 15.9. The number of nitrogens with zero attached hydrogens (tertiary/aromatic N) is 5. The van der Waals surface area contributed by atoms with E-state index in [1.165, 1.54) is 10.7 Å². The summed E-state index contributed by atoms with van der Waals surface area (Å²) in [4.78, 5) is 32.8. The summed E-state index contributed by atoms with van der Waals surface area (Å²) in [5.74, 6) is 0.612. The van der Waals surface area contributed by atoms with Gasteiger partial charge in [0.05, 0.1) is 18.3 Å². The van der Waals surface area contributed by atoms with Crippen LogP contribution in [-0.4, -0.2) is 80.6 Å². The summed E-state index contributed by atoms with van der Waals surface area (Å²) >= 11 is 0. The number of anilines is 3. The summed E-state index contributed by atoms with van der Waals surface area (Å²) in [6, 6.07) is 5.00. The molecule has 3 aromatic rings. The third-order valence-electron chi connectivity index (χ3n) is 7.12. The lowest BCUT2D eigenvalue weighted by Crippen LogP contribution is -2.50. The van der Waals surface area contributed by atoms with E-state index in [0.29, 0.717) is 35.9 Å². The number of carbonyl (C=O) groups is 1. The fourth-order valence-electron chi connectivity index (χ4n) is 4.83. The second-order valence-electron chi connectivity index (χ2n) is 9.32. The number of aliphatic hydroxyl groups excluding tert-OH is 1. The van der Waals surface area contributed by atoms with Crippen LogP contribution in [-0.2, 0) is 0 Å². The van der Waals surface area contributed by atoms with E-state index in [9.17, 15) is 19.1 Å². The van der Waals surface area contributed by atoms with Crippen LogP contribution in [0.3, 0.4) is 0 Å². The number of aromatic nitrogens is 4. The number of likely N-dealkylation sites (tertiary alicyclic amines) is 1. The third kappa shape index (κ3) is 4.65. The Morgan fingerprint density at radius 3 is 2.72 bits per heavy atom. The minimum absolute atomic E-state index is 0.0467. The van der Waals surface area contributed by atoms with E-state index in [0.717, 1.165) is 32.4 Å². The number of pyridine rings is 1. The van der Waals surface area contributed by atoms with E-state index in [4.69, 9.17) is 0 Å². The number of alkyl halides is 1. The molecule has 1 amide bonds. The highest BCUT2D eigenvalue weighted by molar-refractivity contribution is 6.00. The van der Waals surface area contributed by atoms with Gasteiger partial charge in [0.1, 0.15) is 29.6 Å². The van der Waals surface area contributed by atoms with Crippen LogP contribution in [0.4, 0.5) is 21.7 Å². The number of rotatable bonds is 8. The summed E-state index contributed by atoms with van der Waals surface area (Å²) in [6.45, 7) is 1.58. The van der Waals surface area contributed by atoms with Crippen molar-refractivity contribution < 1.29 is 14.3 Å². The molecule has 0 spiro atoms. The molecule has 1 aliphatic heterocycles. The van der Waals surface area contributed by atoms with Gasteiger partial charge < -0.3 is 30.5 Å². The first-order valence-electron chi connectivity index (χ1n) is 12.3. The van der Waals surface area contributed by atoms with E-state index in [-0.39, 0.29) is 35.8 Å². The number of halogens is 1. The lowest BCUT2D eigenvalue weighted by Gasteiger charge is -2.32. The summed E-state index contributed by atoms with van der Waals surface area (Å²) in [5, 5.41) is 23.1. The maximum absolute atomic E-state index is 13.3. The number of fused-ring (bicyclic) bond motifs is 1. The Morgan fingerprint density at radius 2 is 2.06 bits per heavy atom. The van der Waals surface area contributed by atoms with Gasteiger partial charge in [-0.1, -0.05) is 0 Å². The average Bonchev–Trinajstić information content (AvgIpc) is 3.32. The zero-order chi connectivity index (χ0) is 25.2. The summed E-state index contributed by atoms with van der Waals surface area (Å²) in [7, 11) is 1.73. The molecule has 3 aromatic heterocycles. The number of hydrogen-bond donors (Lipinski definition) is 4. The lowest BCUT2D eigenvalue weighted by molar-refractivity contribution is 0.0448. The van der Waals surface area contributed by atoms with Gasteiger partial charge >= 0.3 is 0 Å². The fourth-order valence-corrected chi connectivity index (χ4v) is 4.83. The Hall–Kier alpha value is -3.51. The van der Waals surface area contributed by atoms with Gasteiger partial charge in [0.25, 0.3) is 11.5 Å². The van der Waals surface area contributed by atoms with Gasteiger partial charge in [-0.05, 0) is 37.8 Å². The zero-order valence-corrected chi connectivity index (χ0v) is 20.2. The molecule has 12 heteroatoms. The molecule has 5 rings (SSSR count).